The van der Waals surface area contributed by atoms with E-state index in [0.717, 1.165) is 29.7 Å². The summed E-state index contributed by atoms with van der Waals surface area (Å²) in [7, 11) is 1.63. The SMILES string of the molecule is CCc1ccc(OCc2c(Cl)cccc2CC(=O)NC)c(CC)c1. The van der Waals surface area contributed by atoms with Crippen LogP contribution in [0.2, 0.25) is 5.02 Å². The number of aryl methyl sites for hydroxylation is 2. The van der Waals surface area contributed by atoms with E-state index < -0.39 is 0 Å². The fourth-order valence-electron chi connectivity index (χ4n) is 2.61. The van der Waals surface area contributed by atoms with Crippen molar-refractivity contribution in [2.24, 2.45) is 0 Å². The molecule has 0 aliphatic rings. The second kappa shape index (κ2) is 8.74. The molecule has 4 heteroatoms. The molecule has 0 aromatic heterocycles. The predicted molar refractivity (Wildman–Crippen MR) is 98.8 cm³/mol. The molecule has 1 amide bonds. The Hall–Kier alpha value is -2.00. The van der Waals surface area contributed by atoms with E-state index >= 15 is 0 Å². The van der Waals surface area contributed by atoms with Crippen LogP contribution < -0.4 is 10.1 Å². The molecule has 2 rings (SSSR count). The largest absolute Gasteiger partial charge is 0.489 e. The molecule has 2 aromatic rings. The van der Waals surface area contributed by atoms with Crippen molar-refractivity contribution in [2.45, 2.75) is 39.7 Å². The van der Waals surface area contributed by atoms with Crippen molar-refractivity contribution in [2.75, 3.05) is 7.05 Å². The van der Waals surface area contributed by atoms with Crippen LogP contribution >= 0.6 is 11.6 Å². The van der Waals surface area contributed by atoms with Crippen molar-refractivity contribution in [1.29, 1.82) is 0 Å². The van der Waals surface area contributed by atoms with Gasteiger partial charge in [0.25, 0.3) is 0 Å². The van der Waals surface area contributed by atoms with Crippen LogP contribution in [0, 0.1) is 0 Å². The van der Waals surface area contributed by atoms with Crippen LogP contribution in [0.5, 0.6) is 5.75 Å². The summed E-state index contributed by atoms with van der Waals surface area (Å²) in [5.41, 5.74) is 4.25. The zero-order chi connectivity index (χ0) is 17.5. The predicted octanol–water partition coefficient (Wildman–Crippen LogP) is 4.33. The smallest absolute Gasteiger partial charge is 0.224 e. The van der Waals surface area contributed by atoms with Crippen molar-refractivity contribution in [3.05, 3.63) is 63.7 Å². The Balaban J connectivity index is 2.21. The van der Waals surface area contributed by atoms with Gasteiger partial charge in [0.1, 0.15) is 12.4 Å². The molecular formula is C20H24ClNO2. The molecule has 0 saturated carbocycles. The Kier molecular flexibility index (Phi) is 6.68. The monoisotopic (exact) mass is 345 g/mol. The quantitative estimate of drug-likeness (QED) is 0.811. The Labute approximate surface area is 149 Å². The molecule has 0 unspecified atom stereocenters. The van der Waals surface area contributed by atoms with E-state index in [1.807, 2.05) is 24.3 Å². The highest BCUT2D eigenvalue weighted by molar-refractivity contribution is 6.31. The number of benzene rings is 2. The lowest BCUT2D eigenvalue weighted by Crippen LogP contribution is -2.21. The third kappa shape index (κ3) is 4.51. The molecular weight excluding hydrogens is 322 g/mol. The third-order valence-corrected chi connectivity index (χ3v) is 4.49. The topological polar surface area (TPSA) is 38.3 Å². The van der Waals surface area contributed by atoms with Gasteiger partial charge >= 0.3 is 0 Å². The van der Waals surface area contributed by atoms with E-state index in [2.05, 4.69) is 31.3 Å². The first-order valence-corrected chi connectivity index (χ1v) is 8.68. The lowest BCUT2D eigenvalue weighted by molar-refractivity contribution is -0.119. The first kappa shape index (κ1) is 18.3. The van der Waals surface area contributed by atoms with Gasteiger partial charge in [0.05, 0.1) is 6.42 Å². The van der Waals surface area contributed by atoms with Crippen LogP contribution in [0.25, 0.3) is 0 Å². The number of nitrogens with one attached hydrogen (secondary N) is 1. The standard InChI is InChI=1S/C20H24ClNO2/c1-4-14-9-10-19(15(5-2)11-14)24-13-17-16(12-20(23)22-3)7-6-8-18(17)21/h6-11H,4-5,12-13H2,1-3H3,(H,22,23). The zero-order valence-corrected chi connectivity index (χ0v) is 15.2. The maximum absolute atomic E-state index is 11.7. The molecule has 24 heavy (non-hydrogen) atoms. The number of hydrogen-bond donors (Lipinski definition) is 1. The van der Waals surface area contributed by atoms with Gasteiger partial charge < -0.3 is 10.1 Å². The van der Waals surface area contributed by atoms with Crippen LogP contribution in [0.3, 0.4) is 0 Å². The average Bonchev–Trinajstić information content (AvgIpc) is 2.61. The van der Waals surface area contributed by atoms with Gasteiger partial charge in [0.15, 0.2) is 0 Å². The molecule has 0 spiro atoms. The molecule has 0 aliphatic carbocycles. The molecule has 2 aromatic carbocycles. The number of amides is 1. The maximum atomic E-state index is 11.7. The Morgan fingerprint density at radius 2 is 1.92 bits per heavy atom. The number of ether oxygens (including phenoxy) is 1. The summed E-state index contributed by atoms with van der Waals surface area (Å²) in [4.78, 5) is 11.7. The number of hydrogen-bond acceptors (Lipinski definition) is 2. The number of likely N-dealkylation sites (N-methyl/N-ethyl adjacent to an activating group) is 1. The summed E-state index contributed by atoms with van der Waals surface area (Å²) in [5.74, 6) is 0.834. The van der Waals surface area contributed by atoms with Gasteiger partial charge in [-0.25, -0.2) is 0 Å². The van der Waals surface area contributed by atoms with Crippen LogP contribution in [0.4, 0.5) is 0 Å². The van der Waals surface area contributed by atoms with Gasteiger partial charge in [-0.05, 0) is 41.7 Å². The average molecular weight is 346 g/mol. The minimum Gasteiger partial charge on any atom is -0.489 e. The summed E-state index contributed by atoms with van der Waals surface area (Å²) in [6.45, 7) is 4.61. The number of carbonyl (C=O) groups excluding carboxylic acids is 1. The zero-order valence-electron chi connectivity index (χ0n) is 14.5. The highest BCUT2D eigenvalue weighted by Gasteiger charge is 2.12. The van der Waals surface area contributed by atoms with Gasteiger partial charge in [0, 0.05) is 17.6 Å². The summed E-state index contributed by atoms with van der Waals surface area (Å²) in [6, 6.07) is 11.9. The Morgan fingerprint density at radius 3 is 2.58 bits per heavy atom. The van der Waals surface area contributed by atoms with Crippen molar-refractivity contribution in [3.63, 3.8) is 0 Å². The van der Waals surface area contributed by atoms with Gasteiger partial charge in [0.2, 0.25) is 5.91 Å². The van der Waals surface area contributed by atoms with E-state index in [1.54, 1.807) is 7.05 Å². The normalized spacial score (nSPS) is 10.5. The van der Waals surface area contributed by atoms with Crippen LogP contribution in [0.1, 0.15) is 36.1 Å². The number of carbonyl (C=O) groups is 1. The second-order valence-electron chi connectivity index (χ2n) is 5.67. The highest BCUT2D eigenvalue weighted by atomic mass is 35.5. The van der Waals surface area contributed by atoms with E-state index in [0.29, 0.717) is 18.1 Å². The van der Waals surface area contributed by atoms with Crippen molar-refractivity contribution in [3.8, 4) is 5.75 Å². The van der Waals surface area contributed by atoms with Gasteiger partial charge in [-0.3, -0.25) is 4.79 Å². The summed E-state index contributed by atoms with van der Waals surface area (Å²) >= 11 is 6.33. The van der Waals surface area contributed by atoms with Crippen LogP contribution in [0.15, 0.2) is 36.4 Å². The molecule has 0 bridgehead atoms. The molecule has 1 N–H and O–H groups in total. The minimum absolute atomic E-state index is 0.0416. The second-order valence-corrected chi connectivity index (χ2v) is 6.07. The first-order valence-electron chi connectivity index (χ1n) is 8.30. The van der Waals surface area contributed by atoms with Crippen molar-refractivity contribution >= 4 is 17.5 Å². The molecule has 0 radical (unpaired) electrons. The lowest BCUT2D eigenvalue weighted by atomic mass is 10.0. The van der Waals surface area contributed by atoms with Crippen LogP contribution in [-0.2, 0) is 30.7 Å². The summed E-state index contributed by atoms with van der Waals surface area (Å²) in [5, 5.41) is 3.27. The molecule has 0 heterocycles. The van der Waals surface area contributed by atoms with E-state index in [9.17, 15) is 4.79 Å². The molecule has 0 atom stereocenters. The van der Waals surface area contributed by atoms with Crippen molar-refractivity contribution < 1.29 is 9.53 Å². The van der Waals surface area contributed by atoms with E-state index in [1.165, 1.54) is 11.1 Å². The maximum Gasteiger partial charge on any atom is 0.224 e. The van der Waals surface area contributed by atoms with Crippen molar-refractivity contribution in [1.82, 2.24) is 5.32 Å². The number of halogens is 1. The molecule has 3 nitrogen and oxygen atoms in total. The lowest BCUT2D eigenvalue weighted by Gasteiger charge is -2.15. The fraction of sp³-hybridized carbons (Fsp3) is 0.350. The van der Waals surface area contributed by atoms with Crippen LogP contribution in [-0.4, -0.2) is 13.0 Å². The Morgan fingerprint density at radius 1 is 1.12 bits per heavy atom. The minimum atomic E-state index is -0.0416. The molecule has 0 aliphatic heterocycles. The van der Waals surface area contributed by atoms with E-state index in [-0.39, 0.29) is 5.91 Å². The van der Waals surface area contributed by atoms with Gasteiger partial charge in [-0.15, -0.1) is 0 Å². The third-order valence-electron chi connectivity index (χ3n) is 4.13. The fourth-order valence-corrected chi connectivity index (χ4v) is 2.86. The Bertz CT molecular complexity index is 713. The number of rotatable bonds is 7. The molecule has 128 valence electrons. The van der Waals surface area contributed by atoms with Gasteiger partial charge in [-0.2, -0.15) is 0 Å². The summed E-state index contributed by atoms with van der Waals surface area (Å²) in [6.07, 6.45) is 2.22. The van der Waals surface area contributed by atoms with Gasteiger partial charge in [-0.1, -0.05) is 49.7 Å². The molecule has 0 saturated heterocycles. The first-order chi connectivity index (χ1) is 11.6. The van der Waals surface area contributed by atoms with E-state index in [4.69, 9.17) is 16.3 Å². The highest BCUT2D eigenvalue weighted by Crippen LogP contribution is 2.26. The molecule has 0 fully saturated rings. The summed E-state index contributed by atoms with van der Waals surface area (Å²) < 4.78 is 6.03.